The molecule has 7 heteroatoms. The topological polar surface area (TPSA) is 56.2 Å². The summed E-state index contributed by atoms with van der Waals surface area (Å²) in [7, 11) is 0. The van der Waals surface area contributed by atoms with Crippen molar-refractivity contribution in [3.8, 4) is 0 Å². The van der Waals surface area contributed by atoms with Crippen LogP contribution < -0.4 is 5.32 Å². The Labute approximate surface area is 157 Å². The maximum absolute atomic E-state index is 13.4. The molecule has 1 aliphatic rings. The predicted molar refractivity (Wildman–Crippen MR) is 101 cm³/mol. The predicted octanol–water partition coefficient (Wildman–Crippen LogP) is 3.86. The number of halogens is 1. The summed E-state index contributed by atoms with van der Waals surface area (Å²) in [4.78, 5) is 16.9. The number of hydrogen-bond donors (Lipinski definition) is 1. The smallest absolute Gasteiger partial charge is 0.234 e. The second-order valence-corrected chi connectivity index (χ2v) is 7.55. The number of aryl methyl sites for hydroxylation is 2. The molecule has 1 aromatic heterocycles. The third-order valence-electron chi connectivity index (χ3n) is 4.64. The Morgan fingerprint density at radius 1 is 1.42 bits per heavy atom. The van der Waals surface area contributed by atoms with Crippen LogP contribution in [-0.4, -0.2) is 33.9 Å². The quantitative estimate of drug-likeness (QED) is 0.777. The van der Waals surface area contributed by atoms with Gasteiger partial charge in [-0.3, -0.25) is 4.79 Å². The first-order chi connectivity index (χ1) is 12.4. The molecule has 0 saturated carbocycles. The lowest BCUT2D eigenvalue weighted by Gasteiger charge is -2.14. The minimum Gasteiger partial charge on any atom is -0.376 e. The summed E-state index contributed by atoms with van der Waals surface area (Å²) in [5.41, 5.74) is 3.40. The summed E-state index contributed by atoms with van der Waals surface area (Å²) < 4.78 is 21.2. The first-order valence-electron chi connectivity index (χ1n) is 8.78. The molecule has 1 fully saturated rings. The molecule has 26 heavy (non-hydrogen) atoms. The van der Waals surface area contributed by atoms with E-state index >= 15 is 0 Å². The first kappa shape index (κ1) is 18.9. The van der Waals surface area contributed by atoms with E-state index in [0.717, 1.165) is 48.1 Å². The van der Waals surface area contributed by atoms with E-state index in [9.17, 15) is 9.18 Å². The van der Waals surface area contributed by atoms with Crippen molar-refractivity contribution in [2.45, 2.75) is 51.4 Å². The Morgan fingerprint density at radius 3 is 2.96 bits per heavy atom. The normalized spacial score (nSPS) is 16.8. The molecule has 1 unspecified atom stereocenters. The third kappa shape index (κ3) is 4.45. The van der Waals surface area contributed by atoms with E-state index < -0.39 is 0 Å². The highest BCUT2D eigenvalue weighted by Crippen LogP contribution is 2.25. The highest BCUT2D eigenvalue weighted by atomic mass is 32.2. The number of thioether (sulfide) groups is 1. The zero-order chi connectivity index (χ0) is 18.7. The number of ether oxygens (including phenoxy) is 1. The van der Waals surface area contributed by atoms with Crippen LogP contribution in [0, 0.1) is 26.6 Å². The molecule has 5 nitrogen and oxygen atoms in total. The van der Waals surface area contributed by atoms with Gasteiger partial charge in [0, 0.05) is 18.0 Å². The molecule has 1 aliphatic heterocycles. The Bertz CT molecular complexity index is 800. The molecule has 1 aromatic carbocycles. The lowest BCUT2D eigenvalue weighted by atomic mass is 10.2. The molecule has 3 rings (SSSR count). The van der Waals surface area contributed by atoms with Gasteiger partial charge >= 0.3 is 0 Å². The lowest BCUT2D eigenvalue weighted by molar-refractivity contribution is -0.113. The van der Waals surface area contributed by atoms with Gasteiger partial charge in [-0.2, -0.15) is 0 Å². The second kappa shape index (κ2) is 8.22. The van der Waals surface area contributed by atoms with Gasteiger partial charge in [-0.1, -0.05) is 17.8 Å². The van der Waals surface area contributed by atoms with E-state index in [1.54, 1.807) is 6.07 Å². The Hall–Kier alpha value is -1.86. The van der Waals surface area contributed by atoms with E-state index in [0.29, 0.717) is 5.69 Å². The SMILES string of the molecule is Cc1ccc(F)cc1NC(=O)CSc1nc(C)c(C)n1CC1CCCO1. The summed E-state index contributed by atoms with van der Waals surface area (Å²) in [6.45, 7) is 7.43. The molecular weight excluding hydrogens is 353 g/mol. The van der Waals surface area contributed by atoms with Crippen LogP contribution in [0.5, 0.6) is 0 Å². The number of anilines is 1. The van der Waals surface area contributed by atoms with Crippen molar-refractivity contribution in [3.63, 3.8) is 0 Å². The van der Waals surface area contributed by atoms with Crippen molar-refractivity contribution in [2.24, 2.45) is 0 Å². The Kier molecular flexibility index (Phi) is 5.98. The molecule has 2 aromatic rings. The van der Waals surface area contributed by atoms with Crippen LogP contribution >= 0.6 is 11.8 Å². The summed E-state index contributed by atoms with van der Waals surface area (Å²) in [6, 6.07) is 4.37. The summed E-state index contributed by atoms with van der Waals surface area (Å²) in [6.07, 6.45) is 2.36. The van der Waals surface area contributed by atoms with Gasteiger partial charge in [0.1, 0.15) is 5.82 Å². The van der Waals surface area contributed by atoms with Gasteiger partial charge in [-0.25, -0.2) is 9.37 Å². The maximum atomic E-state index is 13.4. The number of carbonyl (C=O) groups is 1. The number of amides is 1. The van der Waals surface area contributed by atoms with Crippen LogP contribution in [0.25, 0.3) is 0 Å². The number of carbonyl (C=O) groups excluding carboxylic acids is 1. The molecule has 2 heterocycles. The van der Waals surface area contributed by atoms with Gasteiger partial charge in [0.25, 0.3) is 0 Å². The summed E-state index contributed by atoms with van der Waals surface area (Å²) in [5, 5.41) is 3.59. The molecule has 1 saturated heterocycles. The van der Waals surface area contributed by atoms with Crippen molar-refractivity contribution in [1.82, 2.24) is 9.55 Å². The highest BCUT2D eigenvalue weighted by Gasteiger charge is 2.20. The van der Waals surface area contributed by atoms with Crippen LogP contribution in [0.15, 0.2) is 23.4 Å². The van der Waals surface area contributed by atoms with Crippen molar-refractivity contribution in [1.29, 1.82) is 0 Å². The van der Waals surface area contributed by atoms with Gasteiger partial charge in [0.05, 0.1) is 24.1 Å². The molecule has 1 amide bonds. The highest BCUT2D eigenvalue weighted by molar-refractivity contribution is 7.99. The fourth-order valence-corrected chi connectivity index (χ4v) is 3.89. The fourth-order valence-electron chi connectivity index (χ4n) is 2.99. The number of aromatic nitrogens is 2. The molecule has 140 valence electrons. The number of hydrogen-bond acceptors (Lipinski definition) is 4. The zero-order valence-electron chi connectivity index (χ0n) is 15.3. The Balaban J connectivity index is 1.64. The van der Waals surface area contributed by atoms with Crippen molar-refractivity contribution >= 4 is 23.4 Å². The van der Waals surface area contributed by atoms with E-state index in [1.807, 2.05) is 20.8 Å². The maximum Gasteiger partial charge on any atom is 0.234 e. The summed E-state index contributed by atoms with van der Waals surface area (Å²) in [5.74, 6) is -0.320. The lowest BCUT2D eigenvalue weighted by Crippen LogP contribution is -2.18. The van der Waals surface area contributed by atoms with Crippen LogP contribution in [-0.2, 0) is 16.1 Å². The second-order valence-electron chi connectivity index (χ2n) is 6.61. The molecule has 0 radical (unpaired) electrons. The van der Waals surface area contributed by atoms with Gasteiger partial charge in [-0.15, -0.1) is 0 Å². The van der Waals surface area contributed by atoms with Crippen LogP contribution in [0.3, 0.4) is 0 Å². The van der Waals surface area contributed by atoms with Gasteiger partial charge in [0.15, 0.2) is 5.16 Å². The average molecular weight is 377 g/mol. The van der Waals surface area contributed by atoms with E-state index in [2.05, 4.69) is 14.9 Å². The summed E-state index contributed by atoms with van der Waals surface area (Å²) >= 11 is 1.39. The van der Waals surface area contributed by atoms with Crippen LogP contribution in [0.4, 0.5) is 10.1 Å². The van der Waals surface area contributed by atoms with Gasteiger partial charge < -0.3 is 14.6 Å². The third-order valence-corrected chi connectivity index (χ3v) is 5.62. The number of nitrogens with one attached hydrogen (secondary N) is 1. The van der Waals surface area contributed by atoms with E-state index in [-0.39, 0.29) is 23.6 Å². The van der Waals surface area contributed by atoms with Gasteiger partial charge in [0.2, 0.25) is 5.91 Å². The van der Waals surface area contributed by atoms with E-state index in [1.165, 1.54) is 23.9 Å². The number of nitrogens with zero attached hydrogens (tertiary/aromatic N) is 2. The number of imidazole rings is 1. The number of rotatable bonds is 6. The average Bonchev–Trinajstić information content (AvgIpc) is 3.20. The standard InChI is InChI=1S/C19H24FN3O2S/c1-12-6-7-15(20)9-17(12)22-18(24)11-26-19-21-13(2)14(3)23(19)10-16-5-4-8-25-16/h6-7,9,16H,4-5,8,10-11H2,1-3H3,(H,22,24). The van der Waals surface area contributed by atoms with Crippen LogP contribution in [0.1, 0.15) is 29.8 Å². The molecular formula is C19H24FN3O2S. The van der Waals surface area contributed by atoms with Crippen LogP contribution in [0.2, 0.25) is 0 Å². The first-order valence-corrected chi connectivity index (χ1v) is 9.76. The fraction of sp³-hybridized carbons (Fsp3) is 0.474. The Morgan fingerprint density at radius 2 is 2.23 bits per heavy atom. The molecule has 0 spiro atoms. The molecule has 0 bridgehead atoms. The van der Waals surface area contributed by atoms with Gasteiger partial charge in [-0.05, 0) is 51.3 Å². The molecule has 1 N–H and O–H groups in total. The molecule has 1 atom stereocenters. The largest absolute Gasteiger partial charge is 0.376 e. The van der Waals surface area contributed by atoms with Crippen molar-refractivity contribution in [3.05, 3.63) is 41.0 Å². The monoisotopic (exact) mass is 377 g/mol. The minimum atomic E-state index is -0.364. The molecule has 0 aliphatic carbocycles. The minimum absolute atomic E-state index is 0.175. The van der Waals surface area contributed by atoms with Crippen molar-refractivity contribution < 1.29 is 13.9 Å². The van der Waals surface area contributed by atoms with Crippen molar-refractivity contribution in [2.75, 3.05) is 17.7 Å². The number of benzene rings is 1. The zero-order valence-corrected chi connectivity index (χ0v) is 16.2. The van der Waals surface area contributed by atoms with E-state index in [4.69, 9.17) is 4.74 Å².